The highest BCUT2D eigenvalue weighted by atomic mass is 32.2. The van der Waals surface area contributed by atoms with E-state index in [9.17, 15) is 4.79 Å². The van der Waals surface area contributed by atoms with Crippen molar-refractivity contribution in [2.45, 2.75) is 40.0 Å². The number of aliphatic imine (C=N–C) groups is 1. The van der Waals surface area contributed by atoms with Crippen molar-refractivity contribution in [3.63, 3.8) is 0 Å². The first kappa shape index (κ1) is 16.8. The largest absolute Gasteiger partial charge is 0.287 e. The summed E-state index contributed by atoms with van der Waals surface area (Å²) in [6.45, 7) is 11.9. The Balaban J connectivity index is 2.26. The van der Waals surface area contributed by atoms with Gasteiger partial charge in [-0.05, 0) is 48.2 Å². The second-order valence-electron chi connectivity index (χ2n) is 6.29. The van der Waals surface area contributed by atoms with E-state index in [0.29, 0.717) is 13.1 Å². The second-order valence-corrected chi connectivity index (χ2v) is 7.30. The van der Waals surface area contributed by atoms with Crippen LogP contribution in [0, 0.1) is 0 Å². The van der Waals surface area contributed by atoms with Crippen molar-refractivity contribution in [1.29, 1.82) is 0 Å². The van der Waals surface area contributed by atoms with Crippen LogP contribution in [0.5, 0.6) is 0 Å². The average molecular weight is 316 g/mol. The number of amides is 1. The van der Waals surface area contributed by atoms with E-state index in [1.165, 1.54) is 17.3 Å². The van der Waals surface area contributed by atoms with Gasteiger partial charge < -0.3 is 0 Å². The lowest BCUT2D eigenvalue weighted by atomic mass is 9.87. The predicted molar refractivity (Wildman–Crippen MR) is 96.1 cm³/mol. The number of hydrogen-bond acceptors (Lipinski definition) is 3. The zero-order chi connectivity index (χ0) is 16.3. The molecule has 1 saturated heterocycles. The Hall–Kier alpha value is -1.55. The van der Waals surface area contributed by atoms with Gasteiger partial charge in [0.2, 0.25) is 0 Å². The minimum atomic E-state index is 0.0552. The highest BCUT2D eigenvalue weighted by molar-refractivity contribution is 8.18. The van der Waals surface area contributed by atoms with Crippen LogP contribution in [0.1, 0.15) is 45.7 Å². The van der Waals surface area contributed by atoms with E-state index in [2.05, 4.69) is 50.0 Å². The van der Waals surface area contributed by atoms with Crippen LogP contribution in [0.25, 0.3) is 6.08 Å². The first-order valence-electron chi connectivity index (χ1n) is 7.73. The van der Waals surface area contributed by atoms with Gasteiger partial charge in [-0.1, -0.05) is 45.0 Å². The van der Waals surface area contributed by atoms with Crippen molar-refractivity contribution in [2.24, 2.45) is 4.99 Å². The summed E-state index contributed by atoms with van der Waals surface area (Å²) in [5, 5.41) is 0.813. The molecule has 0 spiro atoms. The molecule has 0 saturated carbocycles. The van der Waals surface area contributed by atoms with E-state index < -0.39 is 0 Å². The van der Waals surface area contributed by atoms with E-state index in [0.717, 1.165) is 15.6 Å². The van der Waals surface area contributed by atoms with Gasteiger partial charge in [0.1, 0.15) is 0 Å². The first-order chi connectivity index (χ1) is 10.4. The van der Waals surface area contributed by atoms with Crippen LogP contribution < -0.4 is 0 Å². The quantitative estimate of drug-likeness (QED) is 0.779. The molecule has 1 heterocycles. The summed E-state index contributed by atoms with van der Waals surface area (Å²) in [6.07, 6.45) is 1.96. The lowest BCUT2D eigenvalue weighted by molar-refractivity contribution is -0.122. The fraction of sp³-hybridized carbons (Fsp3) is 0.444. The first-order valence-corrected chi connectivity index (χ1v) is 8.55. The minimum absolute atomic E-state index is 0.0552. The lowest BCUT2D eigenvalue weighted by Gasteiger charge is -2.18. The molecule has 118 valence electrons. The molecule has 0 bridgehead atoms. The third-order valence-electron chi connectivity index (χ3n) is 3.57. The number of nitrogens with zero attached hydrogens (tertiary/aromatic N) is 2. The van der Waals surface area contributed by atoms with Gasteiger partial charge in [0.15, 0.2) is 5.17 Å². The van der Waals surface area contributed by atoms with Gasteiger partial charge in [-0.2, -0.15) is 0 Å². The molecule has 1 aliphatic heterocycles. The van der Waals surface area contributed by atoms with Gasteiger partial charge in [-0.15, -0.1) is 0 Å². The molecule has 1 amide bonds. The summed E-state index contributed by atoms with van der Waals surface area (Å²) >= 11 is 1.47. The lowest BCUT2D eigenvalue weighted by Crippen LogP contribution is -2.28. The maximum atomic E-state index is 12.4. The number of rotatable bonds is 3. The van der Waals surface area contributed by atoms with Gasteiger partial charge in [0.05, 0.1) is 4.91 Å². The zero-order valence-corrected chi connectivity index (χ0v) is 14.8. The van der Waals surface area contributed by atoms with Crippen LogP contribution in [0.3, 0.4) is 0 Å². The van der Waals surface area contributed by atoms with Crippen molar-refractivity contribution >= 4 is 28.9 Å². The normalized spacial score (nSPS) is 19.5. The molecule has 0 N–H and O–H groups in total. The van der Waals surface area contributed by atoms with Crippen LogP contribution in [0.2, 0.25) is 0 Å². The molecular weight excluding hydrogens is 292 g/mol. The fourth-order valence-corrected chi connectivity index (χ4v) is 3.38. The van der Waals surface area contributed by atoms with Crippen LogP contribution in [0.4, 0.5) is 0 Å². The summed E-state index contributed by atoms with van der Waals surface area (Å²) in [5.74, 6) is 0.0552. The van der Waals surface area contributed by atoms with Crippen molar-refractivity contribution < 1.29 is 4.79 Å². The maximum absolute atomic E-state index is 12.4. The number of benzene rings is 1. The minimum Gasteiger partial charge on any atom is -0.287 e. The molecular formula is C18H24N2OS. The summed E-state index contributed by atoms with van der Waals surface area (Å²) in [7, 11) is 0. The summed E-state index contributed by atoms with van der Waals surface area (Å²) in [6, 6.07) is 8.42. The maximum Gasteiger partial charge on any atom is 0.266 e. The number of carbonyl (C=O) groups is 1. The highest BCUT2D eigenvalue weighted by Gasteiger charge is 2.31. The number of hydrogen-bond donors (Lipinski definition) is 0. The summed E-state index contributed by atoms with van der Waals surface area (Å²) in [4.78, 5) is 19.3. The Labute approximate surface area is 137 Å². The molecule has 0 atom stereocenters. The van der Waals surface area contributed by atoms with Crippen LogP contribution in [-0.4, -0.2) is 29.1 Å². The fourth-order valence-electron chi connectivity index (χ4n) is 2.27. The topological polar surface area (TPSA) is 32.7 Å². The van der Waals surface area contributed by atoms with Gasteiger partial charge in [-0.25, -0.2) is 0 Å². The van der Waals surface area contributed by atoms with Gasteiger partial charge in [0, 0.05) is 13.1 Å². The van der Waals surface area contributed by atoms with E-state index in [-0.39, 0.29) is 11.3 Å². The van der Waals surface area contributed by atoms with Crippen LogP contribution in [0.15, 0.2) is 34.2 Å². The Kier molecular flexibility index (Phi) is 5.12. The van der Waals surface area contributed by atoms with Gasteiger partial charge in [-0.3, -0.25) is 14.7 Å². The molecule has 1 fully saturated rings. The molecule has 0 aromatic heterocycles. The second kappa shape index (κ2) is 6.69. The van der Waals surface area contributed by atoms with E-state index in [1.807, 2.05) is 19.9 Å². The third-order valence-corrected chi connectivity index (χ3v) is 4.62. The Bertz CT molecular complexity index is 609. The SMILES string of the molecule is CCN=C1S/C(=C/c2ccc(C(C)(C)C)cc2)C(=O)N1CC. The molecule has 1 aromatic rings. The van der Waals surface area contributed by atoms with Crippen LogP contribution in [-0.2, 0) is 10.2 Å². The third kappa shape index (κ3) is 3.61. The molecule has 1 aliphatic rings. The summed E-state index contributed by atoms with van der Waals surface area (Å²) < 4.78 is 0. The smallest absolute Gasteiger partial charge is 0.266 e. The molecule has 22 heavy (non-hydrogen) atoms. The van der Waals surface area contributed by atoms with E-state index in [4.69, 9.17) is 0 Å². The average Bonchev–Trinajstić information content (AvgIpc) is 2.74. The zero-order valence-electron chi connectivity index (χ0n) is 14.0. The molecule has 1 aromatic carbocycles. The standard InChI is InChI=1S/C18H24N2OS/c1-6-19-17-20(7-2)16(21)15(22-17)12-13-8-10-14(11-9-13)18(3,4)5/h8-12H,6-7H2,1-5H3/b15-12+,19-17?. The molecule has 2 rings (SSSR count). The molecule has 4 heteroatoms. The van der Waals surface area contributed by atoms with E-state index >= 15 is 0 Å². The van der Waals surface area contributed by atoms with Crippen molar-refractivity contribution in [2.75, 3.05) is 13.1 Å². The Morgan fingerprint density at radius 1 is 1.18 bits per heavy atom. The van der Waals surface area contributed by atoms with Gasteiger partial charge in [0.25, 0.3) is 5.91 Å². The van der Waals surface area contributed by atoms with E-state index in [1.54, 1.807) is 4.90 Å². The Morgan fingerprint density at radius 3 is 2.32 bits per heavy atom. The molecule has 0 aliphatic carbocycles. The number of carbonyl (C=O) groups excluding carboxylic acids is 1. The van der Waals surface area contributed by atoms with Crippen molar-refractivity contribution in [3.05, 3.63) is 40.3 Å². The summed E-state index contributed by atoms with van der Waals surface area (Å²) in [5.41, 5.74) is 2.49. The van der Waals surface area contributed by atoms with Crippen LogP contribution >= 0.6 is 11.8 Å². The number of likely N-dealkylation sites (N-methyl/N-ethyl adjacent to an activating group) is 1. The molecule has 0 radical (unpaired) electrons. The van der Waals surface area contributed by atoms with Crippen molar-refractivity contribution in [3.8, 4) is 0 Å². The predicted octanol–water partition coefficient (Wildman–Crippen LogP) is 4.30. The molecule has 0 unspecified atom stereocenters. The molecule has 3 nitrogen and oxygen atoms in total. The van der Waals surface area contributed by atoms with Crippen molar-refractivity contribution in [1.82, 2.24) is 4.90 Å². The highest BCUT2D eigenvalue weighted by Crippen LogP contribution is 2.32. The monoisotopic (exact) mass is 316 g/mol. The number of amidine groups is 1. The Morgan fingerprint density at radius 2 is 1.82 bits per heavy atom. The van der Waals surface area contributed by atoms with Gasteiger partial charge >= 0.3 is 0 Å². The number of thioether (sulfide) groups is 1.